The first kappa shape index (κ1) is 31.7. The number of fused-ring (bicyclic) bond motifs is 1. The number of sulfonamides is 1. The Kier molecular flexibility index (Phi) is 9.44. The van der Waals surface area contributed by atoms with Crippen LogP contribution in [0, 0.1) is 5.82 Å². The Balaban J connectivity index is 1.53. The summed E-state index contributed by atoms with van der Waals surface area (Å²) in [4.78, 5) is 12.7. The highest BCUT2D eigenvalue weighted by Gasteiger charge is 2.33. The maximum absolute atomic E-state index is 14.1. The zero-order valence-corrected chi connectivity index (χ0v) is 24.5. The van der Waals surface area contributed by atoms with Crippen LogP contribution in [0.2, 0.25) is 0 Å². The average Bonchev–Trinajstić information content (AvgIpc) is 2.90. The molecule has 0 aromatic heterocycles. The number of hydrogen-bond acceptors (Lipinski definition) is 4. The first-order valence-corrected chi connectivity index (χ1v) is 15.2. The molecule has 6 nitrogen and oxygen atoms in total. The SMILES string of the molecule is CC(C)(C)NCc1ccc2c(c1)CCC[C@H]2NC(=O)C[C@@H](NS(=O)(=O)c1cccc(C(F)(F)F)c1)c1cccc(F)c1. The minimum absolute atomic E-state index is 0.0345. The van der Waals surface area contributed by atoms with Crippen molar-refractivity contribution < 1.29 is 30.8 Å². The Hall–Kier alpha value is -3.28. The second kappa shape index (κ2) is 12.5. The van der Waals surface area contributed by atoms with Gasteiger partial charge in [0, 0.05) is 18.5 Å². The minimum Gasteiger partial charge on any atom is -0.349 e. The number of nitrogens with one attached hydrogen (secondary N) is 3. The number of amides is 1. The highest BCUT2D eigenvalue weighted by molar-refractivity contribution is 7.89. The van der Waals surface area contributed by atoms with Crippen molar-refractivity contribution in [3.8, 4) is 0 Å². The van der Waals surface area contributed by atoms with Crippen LogP contribution in [-0.4, -0.2) is 19.9 Å². The predicted octanol–water partition coefficient (Wildman–Crippen LogP) is 6.34. The lowest BCUT2D eigenvalue weighted by molar-refractivity contribution is -0.137. The highest BCUT2D eigenvalue weighted by atomic mass is 32.2. The lowest BCUT2D eigenvalue weighted by Crippen LogP contribution is -2.36. The Bertz CT molecular complexity index is 1530. The second-order valence-electron chi connectivity index (χ2n) is 11.6. The van der Waals surface area contributed by atoms with E-state index in [1.165, 1.54) is 18.2 Å². The van der Waals surface area contributed by atoms with Crippen molar-refractivity contribution in [1.29, 1.82) is 0 Å². The molecule has 0 radical (unpaired) electrons. The summed E-state index contributed by atoms with van der Waals surface area (Å²) in [7, 11) is -4.51. The smallest absolute Gasteiger partial charge is 0.349 e. The Labute approximate surface area is 244 Å². The molecular formula is C31H35F4N3O3S. The van der Waals surface area contributed by atoms with E-state index in [2.05, 4.69) is 42.2 Å². The molecule has 3 aromatic rings. The van der Waals surface area contributed by atoms with Gasteiger partial charge >= 0.3 is 6.18 Å². The average molecular weight is 606 g/mol. The summed E-state index contributed by atoms with van der Waals surface area (Å²) in [5.41, 5.74) is 2.26. The van der Waals surface area contributed by atoms with E-state index in [-0.39, 0.29) is 23.6 Å². The van der Waals surface area contributed by atoms with Crippen molar-refractivity contribution in [3.63, 3.8) is 0 Å². The Morgan fingerprint density at radius 1 is 1.00 bits per heavy atom. The molecule has 42 heavy (non-hydrogen) atoms. The molecule has 0 heterocycles. The molecule has 11 heteroatoms. The number of aryl methyl sites for hydroxylation is 1. The molecule has 0 spiro atoms. The molecule has 3 N–H and O–H groups in total. The third kappa shape index (κ3) is 8.39. The number of carbonyl (C=O) groups is 1. The van der Waals surface area contributed by atoms with E-state index in [4.69, 9.17) is 0 Å². The zero-order chi connectivity index (χ0) is 30.7. The molecule has 3 aromatic carbocycles. The van der Waals surface area contributed by atoms with Gasteiger partial charge in [-0.1, -0.05) is 36.4 Å². The first-order chi connectivity index (χ1) is 19.6. The topological polar surface area (TPSA) is 87.3 Å². The normalized spacial score (nSPS) is 16.5. The van der Waals surface area contributed by atoms with E-state index >= 15 is 0 Å². The van der Waals surface area contributed by atoms with Crippen LogP contribution in [0.5, 0.6) is 0 Å². The zero-order valence-electron chi connectivity index (χ0n) is 23.7. The van der Waals surface area contributed by atoms with E-state index < -0.39 is 44.4 Å². The maximum Gasteiger partial charge on any atom is 0.416 e. The molecule has 0 bridgehead atoms. The second-order valence-corrected chi connectivity index (χ2v) is 13.3. The molecule has 0 saturated heterocycles. The summed E-state index contributed by atoms with van der Waals surface area (Å²) in [5, 5.41) is 6.45. The number of benzene rings is 3. The van der Waals surface area contributed by atoms with Gasteiger partial charge in [-0.2, -0.15) is 13.2 Å². The first-order valence-electron chi connectivity index (χ1n) is 13.7. The van der Waals surface area contributed by atoms with Gasteiger partial charge in [-0.05, 0) is 92.6 Å². The van der Waals surface area contributed by atoms with Crippen LogP contribution in [-0.2, 0) is 34.0 Å². The summed E-state index contributed by atoms with van der Waals surface area (Å²) in [6.07, 6.45) is -2.72. The molecule has 1 aliphatic rings. The van der Waals surface area contributed by atoms with Gasteiger partial charge in [-0.3, -0.25) is 4.79 Å². The van der Waals surface area contributed by atoms with Crippen LogP contribution < -0.4 is 15.4 Å². The van der Waals surface area contributed by atoms with Gasteiger partial charge in [0.05, 0.1) is 22.5 Å². The van der Waals surface area contributed by atoms with E-state index in [0.29, 0.717) is 19.0 Å². The quantitative estimate of drug-likeness (QED) is 0.249. The van der Waals surface area contributed by atoms with Gasteiger partial charge in [0.15, 0.2) is 0 Å². The van der Waals surface area contributed by atoms with Gasteiger partial charge < -0.3 is 10.6 Å². The number of rotatable bonds is 9. The summed E-state index contributed by atoms with van der Waals surface area (Å²) >= 11 is 0. The van der Waals surface area contributed by atoms with E-state index in [0.717, 1.165) is 53.8 Å². The molecular weight excluding hydrogens is 570 g/mol. The summed E-state index contributed by atoms with van der Waals surface area (Å²) < 4.78 is 82.4. The fraction of sp³-hybridized carbons (Fsp3) is 0.387. The van der Waals surface area contributed by atoms with E-state index in [9.17, 15) is 30.8 Å². The summed E-state index contributed by atoms with van der Waals surface area (Å²) in [5.74, 6) is -1.12. The molecule has 0 fully saturated rings. The molecule has 1 amide bonds. The van der Waals surface area contributed by atoms with Crippen LogP contribution in [0.4, 0.5) is 17.6 Å². The van der Waals surface area contributed by atoms with Crippen LogP contribution in [0.3, 0.4) is 0 Å². The summed E-state index contributed by atoms with van der Waals surface area (Å²) in [6, 6.07) is 13.0. The van der Waals surface area contributed by atoms with Gasteiger partial charge in [0.25, 0.3) is 0 Å². The largest absolute Gasteiger partial charge is 0.416 e. The van der Waals surface area contributed by atoms with Crippen molar-refractivity contribution in [2.75, 3.05) is 0 Å². The van der Waals surface area contributed by atoms with E-state index in [1.807, 2.05) is 12.1 Å². The molecule has 4 rings (SSSR count). The van der Waals surface area contributed by atoms with E-state index in [1.54, 1.807) is 0 Å². The van der Waals surface area contributed by atoms with Gasteiger partial charge in [-0.15, -0.1) is 0 Å². The summed E-state index contributed by atoms with van der Waals surface area (Å²) in [6.45, 7) is 6.98. The third-order valence-electron chi connectivity index (χ3n) is 7.09. The van der Waals surface area contributed by atoms with Crippen LogP contribution in [0.1, 0.15) is 79.9 Å². The van der Waals surface area contributed by atoms with Gasteiger partial charge in [0.2, 0.25) is 15.9 Å². The lowest BCUT2D eigenvalue weighted by Gasteiger charge is -2.28. The molecule has 0 saturated carbocycles. The van der Waals surface area contributed by atoms with Crippen molar-refractivity contribution in [3.05, 3.63) is 100 Å². The number of carbonyl (C=O) groups excluding carboxylic acids is 1. The van der Waals surface area contributed by atoms with Gasteiger partial charge in [-0.25, -0.2) is 17.5 Å². The highest BCUT2D eigenvalue weighted by Crippen LogP contribution is 2.33. The molecule has 2 atom stereocenters. The molecule has 0 unspecified atom stereocenters. The van der Waals surface area contributed by atoms with Crippen molar-refractivity contribution in [2.24, 2.45) is 0 Å². The minimum atomic E-state index is -4.74. The number of hydrogen-bond donors (Lipinski definition) is 3. The van der Waals surface area contributed by atoms with Crippen LogP contribution in [0.15, 0.2) is 71.6 Å². The monoisotopic (exact) mass is 605 g/mol. The third-order valence-corrected chi connectivity index (χ3v) is 8.56. The maximum atomic E-state index is 14.1. The Morgan fingerprint density at radius 3 is 2.43 bits per heavy atom. The van der Waals surface area contributed by atoms with Gasteiger partial charge in [0.1, 0.15) is 5.82 Å². The molecule has 226 valence electrons. The van der Waals surface area contributed by atoms with Crippen LogP contribution >= 0.6 is 0 Å². The van der Waals surface area contributed by atoms with Crippen molar-refractivity contribution in [1.82, 2.24) is 15.4 Å². The standard InChI is InChI=1S/C31H35F4N3O3S/c1-30(2,3)36-19-20-13-14-26-21(15-20)7-5-12-27(26)37-29(39)18-28(22-8-4-10-24(32)16-22)38-42(40,41)25-11-6-9-23(17-25)31(33,34)35/h4,6,8-11,13-17,27-28,36,38H,5,7,12,18-19H2,1-3H3,(H,37,39)/t27-,28-/m1/s1. The molecule has 1 aliphatic carbocycles. The van der Waals surface area contributed by atoms with Crippen molar-refractivity contribution in [2.45, 2.75) is 81.7 Å². The lowest BCUT2D eigenvalue weighted by atomic mass is 9.86. The Morgan fingerprint density at radius 2 is 1.74 bits per heavy atom. The van der Waals surface area contributed by atoms with Crippen molar-refractivity contribution >= 4 is 15.9 Å². The predicted molar refractivity (Wildman–Crippen MR) is 152 cm³/mol. The van der Waals surface area contributed by atoms with Crippen LogP contribution in [0.25, 0.3) is 0 Å². The number of halogens is 4. The molecule has 0 aliphatic heterocycles. The number of alkyl halides is 3. The fourth-order valence-corrected chi connectivity index (χ4v) is 6.25. The fourth-order valence-electron chi connectivity index (χ4n) is 4.98.